The largest absolute Gasteiger partial charge is 0.352 e. The molecule has 0 bridgehead atoms. The number of amides is 1. The van der Waals surface area contributed by atoms with Crippen LogP contribution in [0.15, 0.2) is 24.3 Å². The first-order chi connectivity index (χ1) is 12.6. The van der Waals surface area contributed by atoms with Gasteiger partial charge in [-0.25, -0.2) is 0 Å². The number of carbonyl (C=O) groups is 1. The Bertz CT molecular complexity index is 628. The van der Waals surface area contributed by atoms with Gasteiger partial charge in [0.05, 0.1) is 18.2 Å². The van der Waals surface area contributed by atoms with E-state index in [9.17, 15) is 4.79 Å². The molecule has 2 unspecified atom stereocenters. The van der Waals surface area contributed by atoms with Gasteiger partial charge >= 0.3 is 0 Å². The first-order valence-electron chi connectivity index (χ1n) is 9.87. The van der Waals surface area contributed by atoms with Gasteiger partial charge in [-0.3, -0.25) is 14.6 Å². The highest BCUT2D eigenvalue weighted by molar-refractivity contribution is 5.78. The monoisotopic (exact) mass is 354 g/mol. The second kappa shape index (κ2) is 9.16. The predicted octanol–water partition coefficient (Wildman–Crippen LogP) is 2.37. The summed E-state index contributed by atoms with van der Waals surface area (Å²) in [6.07, 6.45) is 4.91. The van der Waals surface area contributed by atoms with Crippen LogP contribution >= 0.6 is 0 Å². The molecule has 1 saturated carbocycles. The van der Waals surface area contributed by atoms with Gasteiger partial charge in [0.1, 0.15) is 0 Å². The molecule has 0 spiro atoms. The summed E-state index contributed by atoms with van der Waals surface area (Å²) >= 11 is 0. The normalized spacial score (nSPS) is 24.8. The van der Waals surface area contributed by atoms with E-state index in [0.717, 1.165) is 39.1 Å². The molecule has 2 atom stereocenters. The second-order valence-electron chi connectivity index (χ2n) is 7.80. The first kappa shape index (κ1) is 18.9. The van der Waals surface area contributed by atoms with Gasteiger partial charge in [-0.15, -0.1) is 0 Å². The van der Waals surface area contributed by atoms with Crippen molar-refractivity contribution in [2.45, 2.75) is 45.2 Å². The van der Waals surface area contributed by atoms with E-state index in [1.807, 2.05) is 24.3 Å². The van der Waals surface area contributed by atoms with Crippen molar-refractivity contribution in [3.63, 3.8) is 0 Å². The van der Waals surface area contributed by atoms with Gasteiger partial charge in [0.15, 0.2) is 0 Å². The zero-order chi connectivity index (χ0) is 18.4. The maximum absolute atomic E-state index is 12.4. The van der Waals surface area contributed by atoms with E-state index in [-0.39, 0.29) is 5.91 Å². The number of hydrogen-bond acceptors (Lipinski definition) is 4. The number of carbonyl (C=O) groups excluding carboxylic acids is 1. The standard InChI is InChI=1S/C21H30N4O/c1-17-4-2-3-5-20(17)23-21(26)16-25-12-10-24(11-13-25)15-19-8-6-18(14-22)7-9-19/h6-9,17,20H,2-5,10-13,15-16H2,1H3,(H,23,26). The predicted molar refractivity (Wildman–Crippen MR) is 102 cm³/mol. The number of nitriles is 1. The fraction of sp³-hybridized carbons (Fsp3) is 0.619. The highest BCUT2D eigenvalue weighted by atomic mass is 16.2. The van der Waals surface area contributed by atoms with Crippen LogP contribution in [0.3, 0.4) is 0 Å². The van der Waals surface area contributed by atoms with E-state index in [2.05, 4.69) is 28.1 Å². The topological polar surface area (TPSA) is 59.4 Å². The van der Waals surface area contributed by atoms with E-state index >= 15 is 0 Å². The molecule has 5 heteroatoms. The number of nitrogens with one attached hydrogen (secondary N) is 1. The number of rotatable bonds is 5. The molecule has 1 saturated heterocycles. The smallest absolute Gasteiger partial charge is 0.234 e. The Morgan fingerprint density at radius 3 is 2.42 bits per heavy atom. The number of hydrogen-bond donors (Lipinski definition) is 1. The Hall–Kier alpha value is -1.90. The van der Waals surface area contributed by atoms with Crippen molar-refractivity contribution in [2.24, 2.45) is 5.92 Å². The van der Waals surface area contributed by atoms with E-state index in [0.29, 0.717) is 24.1 Å². The molecule has 0 radical (unpaired) electrons. The molecule has 2 fully saturated rings. The lowest BCUT2D eigenvalue weighted by atomic mass is 9.86. The fourth-order valence-electron chi connectivity index (χ4n) is 4.03. The Labute approximate surface area is 157 Å². The summed E-state index contributed by atoms with van der Waals surface area (Å²) in [5.41, 5.74) is 1.94. The van der Waals surface area contributed by atoms with Crippen molar-refractivity contribution < 1.29 is 4.79 Å². The highest BCUT2D eigenvalue weighted by Gasteiger charge is 2.24. The fourth-order valence-corrected chi connectivity index (χ4v) is 4.03. The van der Waals surface area contributed by atoms with Gasteiger partial charge in [0.25, 0.3) is 0 Å². The third-order valence-electron chi connectivity index (χ3n) is 5.78. The lowest BCUT2D eigenvalue weighted by Crippen LogP contribution is -2.51. The molecule has 5 nitrogen and oxygen atoms in total. The summed E-state index contributed by atoms with van der Waals surface area (Å²) in [5.74, 6) is 0.793. The van der Waals surface area contributed by atoms with Crippen LogP contribution in [-0.2, 0) is 11.3 Å². The minimum Gasteiger partial charge on any atom is -0.352 e. The molecule has 1 aromatic rings. The van der Waals surface area contributed by atoms with Crippen LogP contribution in [0.25, 0.3) is 0 Å². The Morgan fingerprint density at radius 2 is 1.77 bits per heavy atom. The molecular weight excluding hydrogens is 324 g/mol. The minimum atomic E-state index is 0.185. The van der Waals surface area contributed by atoms with Crippen molar-refractivity contribution in [3.8, 4) is 6.07 Å². The summed E-state index contributed by atoms with van der Waals surface area (Å²) in [5, 5.41) is 12.1. The van der Waals surface area contributed by atoms with Crippen LogP contribution in [0, 0.1) is 17.2 Å². The third-order valence-corrected chi connectivity index (χ3v) is 5.78. The highest BCUT2D eigenvalue weighted by Crippen LogP contribution is 2.23. The summed E-state index contributed by atoms with van der Waals surface area (Å²) in [4.78, 5) is 17.0. The number of nitrogens with zero attached hydrogens (tertiary/aromatic N) is 3. The Kier molecular flexibility index (Phi) is 6.65. The molecule has 1 amide bonds. The van der Waals surface area contributed by atoms with Crippen LogP contribution in [0.5, 0.6) is 0 Å². The van der Waals surface area contributed by atoms with Crippen molar-refractivity contribution in [3.05, 3.63) is 35.4 Å². The maximum Gasteiger partial charge on any atom is 0.234 e. The van der Waals surface area contributed by atoms with Crippen LogP contribution in [-0.4, -0.2) is 54.5 Å². The molecule has 1 aromatic carbocycles. The SMILES string of the molecule is CC1CCCCC1NC(=O)CN1CCN(Cc2ccc(C#N)cc2)CC1. The molecule has 0 aromatic heterocycles. The molecule has 1 N–H and O–H groups in total. The number of benzene rings is 1. The zero-order valence-corrected chi connectivity index (χ0v) is 15.8. The van der Waals surface area contributed by atoms with Crippen molar-refractivity contribution >= 4 is 5.91 Å². The van der Waals surface area contributed by atoms with Gasteiger partial charge in [0, 0.05) is 38.8 Å². The van der Waals surface area contributed by atoms with Gasteiger partial charge in [-0.1, -0.05) is 31.9 Å². The summed E-state index contributed by atoms with van der Waals surface area (Å²) in [6.45, 7) is 7.51. The molecule has 140 valence electrons. The maximum atomic E-state index is 12.4. The number of piperazine rings is 1. The van der Waals surface area contributed by atoms with E-state index in [1.165, 1.54) is 24.8 Å². The van der Waals surface area contributed by atoms with E-state index in [4.69, 9.17) is 5.26 Å². The van der Waals surface area contributed by atoms with Crippen LogP contribution in [0.1, 0.15) is 43.7 Å². The van der Waals surface area contributed by atoms with Crippen LogP contribution < -0.4 is 5.32 Å². The van der Waals surface area contributed by atoms with Gasteiger partial charge < -0.3 is 5.32 Å². The van der Waals surface area contributed by atoms with Gasteiger partial charge in [-0.2, -0.15) is 5.26 Å². The molecule has 3 rings (SSSR count). The van der Waals surface area contributed by atoms with Crippen molar-refractivity contribution in [1.29, 1.82) is 5.26 Å². The van der Waals surface area contributed by atoms with Crippen molar-refractivity contribution in [1.82, 2.24) is 15.1 Å². The average Bonchev–Trinajstić information content (AvgIpc) is 2.66. The Balaban J connectivity index is 1.39. The molecule has 1 aliphatic carbocycles. The molecule has 1 aliphatic heterocycles. The molecule has 26 heavy (non-hydrogen) atoms. The summed E-state index contributed by atoms with van der Waals surface area (Å²) in [7, 11) is 0. The van der Waals surface area contributed by atoms with E-state index in [1.54, 1.807) is 0 Å². The molecule has 2 aliphatic rings. The van der Waals surface area contributed by atoms with Crippen molar-refractivity contribution in [2.75, 3.05) is 32.7 Å². The average molecular weight is 354 g/mol. The van der Waals surface area contributed by atoms with Gasteiger partial charge in [-0.05, 0) is 36.5 Å². The third kappa shape index (κ3) is 5.30. The first-order valence-corrected chi connectivity index (χ1v) is 9.87. The lowest BCUT2D eigenvalue weighted by molar-refractivity contribution is -0.124. The summed E-state index contributed by atoms with van der Waals surface area (Å²) < 4.78 is 0. The quantitative estimate of drug-likeness (QED) is 0.882. The van der Waals surface area contributed by atoms with Gasteiger partial charge in [0.2, 0.25) is 5.91 Å². The van der Waals surface area contributed by atoms with E-state index < -0.39 is 0 Å². The lowest BCUT2D eigenvalue weighted by Gasteiger charge is -2.35. The van der Waals surface area contributed by atoms with Crippen LogP contribution in [0.4, 0.5) is 0 Å². The van der Waals surface area contributed by atoms with Crippen LogP contribution in [0.2, 0.25) is 0 Å². The second-order valence-corrected chi connectivity index (χ2v) is 7.80. The summed E-state index contributed by atoms with van der Waals surface area (Å²) in [6, 6.07) is 10.3. The molecule has 1 heterocycles. The zero-order valence-electron chi connectivity index (χ0n) is 15.8. The Morgan fingerprint density at radius 1 is 1.12 bits per heavy atom. The molecular formula is C21H30N4O. The minimum absolute atomic E-state index is 0.185.